The second-order valence-electron chi connectivity index (χ2n) is 4.77. The smallest absolute Gasteiger partial charge is 0.293 e. The summed E-state index contributed by atoms with van der Waals surface area (Å²) in [5.41, 5.74) is 0.495. The van der Waals surface area contributed by atoms with E-state index in [0.29, 0.717) is 17.3 Å². The van der Waals surface area contributed by atoms with Crippen LogP contribution < -0.4 is 5.32 Å². The van der Waals surface area contributed by atoms with Crippen LogP contribution >= 0.6 is 11.6 Å². The Bertz CT molecular complexity index is 536. The summed E-state index contributed by atoms with van der Waals surface area (Å²) < 4.78 is 0. The first-order valence-electron chi connectivity index (χ1n) is 6.40. The van der Waals surface area contributed by atoms with Gasteiger partial charge in [0.15, 0.2) is 0 Å². The summed E-state index contributed by atoms with van der Waals surface area (Å²) in [6, 6.07) is 6.96. The van der Waals surface area contributed by atoms with Gasteiger partial charge in [0.05, 0.1) is 17.5 Å². The third-order valence-electron chi connectivity index (χ3n) is 3.40. The minimum atomic E-state index is -0.432. The van der Waals surface area contributed by atoms with Crippen molar-refractivity contribution in [1.29, 1.82) is 5.26 Å². The number of likely N-dealkylation sites (tertiary alicyclic amines) is 1. The summed E-state index contributed by atoms with van der Waals surface area (Å²) in [5, 5.41) is 23.2. The summed E-state index contributed by atoms with van der Waals surface area (Å²) in [5.74, 6) is 0. The third-order valence-corrected chi connectivity index (χ3v) is 3.63. The van der Waals surface area contributed by atoms with E-state index < -0.39 is 4.92 Å². The van der Waals surface area contributed by atoms with Crippen molar-refractivity contribution in [3.05, 3.63) is 33.3 Å². The zero-order valence-corrected chi connectivity index (χ0v) is 11.6. The number of hydrogen-bond donors (Lipinski definition) is 1. The van der Waals surface area contributed by atoms with Crippen molar-refractivity contribution in [1.82, 2.24) is 4.90 Å². The van der Waals surface area contributed by atoms with E-state index in [0.717, 1.165) is 25.9 Å². The Hall–Kier alpha value is -1.84. The van der Waals surface area contributed by atoms with Gasteiger partial charge in [-0.3, -0.25) is 15.0 Å². The SMILES string of the molecule is N#CCN1CCC(Nc2ccc(Cl)cc2[N+](=O)[O-])CC1. The number of nitro groups is 1. The number of nitrogens with zero attached hydrogens (tertiary/aromatic N) is 3. The third kappa shape index (κ3) is 3.59. The molecule has 0 aliphatic carbocycles. The molecule has 20 heavy (non-hydrogen) atoms. The molecule has 0 aromatic heterocycles. The molecule has 0 bridgehead atoms. The van der Waals surface area contributed by atoms with Gasteiger partial charge in [-0.1, -0.05) is 11.6 Å². The number of nitrogens with one attached hydrogen (secondary N) is 1. The van der Waals surface area contributed by atoms with Gasteiger partial charge in [0.2, 0.25) is 0 Å². The maximum atomic E-state index is 11.0. The highest BCUT2D eigenvalue weighted by atomic mass is 35.5. The maximum absolute atomic E-state index is 11.0. The average Bonchev–Trinajstić information content (AvgIpc) is 2.43. The van der Waals surface area contributed by atoms with Crippen LogP contribution in [0.25, 0.3) is 0 Å². The van der Waals surface area contributed by atoms with Gasteiger partial charge in [-0.2, -0.15) is 5.26 Å². The highest BCUT2D eigenvalue weighted by Crippen LogP contribution is 2.29. The molecule has 2 rings (SSSR count). The van der Waals surface area contributed by atoms with Crippen molar-refractivity contribution in [2.24, 2.45) is 0 Å². The first-order valence-corrected chi connectivity index (χ1v) is 6.77. The molecular formula is C13H15ClN4O2. The molecule has 0 atom stereocenters. The van der Waals surface area contributed by atoms with Crippen LogP contribution in [0.3, 0.4) is 0 Å². The van der Waals surface area contributed by atoms with E-state index in [2.05, 4.69) is 16.3 Å². The molecule has 0 saturated carbocycles. The molecular weight excluding hydrogens is 280 g/mol. The average molecular weight is 295 g/mol. The van der Waals surface area contributed by atoms with E-state index in [4.69, 9.17) is 16.9 Å². The topological polar surface area (TPSA) is 82.2 Å². The molecule has 106 valence electrons. The fourth-order valence-corrected chi connectivity index (χ4v) is 2.50. The maximum Gasteiger partial charge on any atom is 0.293 e. The van der Waals surface area contributed by atoms with Crippen molar-refractivity contribution in [2.45, 2.75) is 18.9 Å². The molecule has 6 nitrogen and oxygen atoms in total. The predicted molar refractivity (Wildman–Crippen MR) is 76.8 cm³/mol. The van der Waals surface area contributed by atoms with Crippen molar-refractivity contribution < 1.29 is 4.92 Å². The number of halogens is 1. The molecule has 1 fully saturated rings. The van der Waals surface area contributed by atoms with Crippen LogP contribution in [0.5, 0.6) is 0 Å². The van der Waals surface area contributed by atoms with Crippen LogP contribution in [-0.4, -0.2) is 35.5 Å². The largest absolute Gasteiger partial charge is 0.377 e. The van der Waals surface area contributed by atoms with Gasteiger partial charge in [0.1, 0.15) is 5.69 Å². The van der Waals surface area contributed by atoms with Crippen LogP contribution in [0.2, 0.25) is 5.02 Å². The van der Waals surface area contributed by atoms with E-state index in [9.17, 15) is 10.1 Å². The van der Waals surface area contributed by atoms with Crippen molar-refractivity contribution in [2.75, 3.05) is 25.0 Å². The molecule has 0 radical (unpaired) electrons. The van der Waals surface area contributed by atoms with E-state index in [1.807, 2.05) is 0 Å². The Kier molecular flexibility index (Phi) is 4.77. The first-order chi connectivity index (χ1) is 9.60. The highest BCUT2D eigenvalue weighted by Gasteiger charge is 2.22. The van der Waals surface area contributed by atoms with Gasteiger partial charge in [0, 0.05) is 30.2 Å². The van der Waals surface area contributed by atoms with Crippen LogP contribution in [0, 0.1) is 21.4 Å². The minimum absolute atomic E-state index is 0.00282. The lowest BCUT2D eigenvalue weighted by Gasteiger charge is -2.31. The predicted octanol–water partition coefficient (Wildman–Crippen LogP) is 2.65. The molecule has 0 spiro atoms. The Labute approximate surface area is 122 Å². The Morgan fingerprint density at radius 1 is 1.50 bits per heavy atom. The van der Waals surface area contributed by atoms with Crippen LogP contribution in [0.1, 0.15) is 12.8 Å². The summed E-state index contributed by atoms with van der Waals surface area (Å²) in [7, 11) is 0. The fraction of sp³-hybridized carbons (Fsp3) is 0.462. The fourth-order valence-electron chi connectivity index (χ4n) is 2.33. The van der Waals surface area contributed by atoms with Crippen molar-refractivity contribution in [3.8, 4) is 6.07 Å². The van der Waals surface area contributed by atoms with Crippen LogP contribution in [0.4, 0.5) is 11.4 Å². The number of nitriles is 1. The lowest BCUT2D eigenvalue weighted by Crippen LogP contribution is -2.39. The quantitative estimate of drug-likeness (QED) is 0.524. The second kappa shape index (κ2) is 6.55. The number of anilines is 1. The molecule has 1 heterocycles. The van der Waals surface area contributed by atoms with Crippen LogP contribution in [-0.2, 0) is 0 Å². The van der Waals surface area contributed by atoms with Gasteiger partial charge in [-0.25, -0.2) is 0 Å². The van der Waals surface area contributed by atoms with Gasteiger partial charge < -0.3 is 5.32 Å². The molecule has 1 saturated heterocycles. The lowest BCUT2D eigenvalue weighted by molar-refractivity contribution is -0.384. The van der Waals surface area contributed by atoms with Crippen molar-refractivity contribution in [3.63, 3.8) is 0 Å². The number of rotatable bonds is 4. The zero-order chi connectivity index (χ0) is 14.5. The summed E-state index contributed by atoms with van der Waals surface area (Å²) in [4.78, 5) is 12.7. The Morgan fingerprint density at radius 3 is 2.80 bits per heavy atom. The Balaban J connectivity index is 2.01. The van der Waals surface area contributed by atoms with Gasteiger partial charge >= 0.3 is 0 Å². The molecule has 0 amide bonds. The second-order valence-corrected chi connectivity index (χ2v) is 5.21. The molecule has 0 unspecified atom stereocenters. The van der Waals surface area contributed by atoms with Gasteiger partial charge in [-0.05, 0) is 25.0 Å². The number of nitro benzene ring substituents is 1. The minimum Gasteiger partial charge on any atom is -0.377 e. The standard InChI is InChI=1S/C13H15ClN4O2/c14-10-1-2-12(13(9-10)18(19)20)16-11-3-6-17(7-4-11)8-5-15/h1-2,9,11,16H,3-4,6-8H2. The monoisotopic (exact) mass is 294 g/mol. The highest BCUT2D eigenvalue weighted by molar-refractivity contribution is 6.30. The normalized spacial score (nSPS) is 16.6. The van der Waals surface area contributed by atoms with E-state index in [-0.39, 0.29) is 11.7 Å². The number of benzene rings is 1. The lowest BCUT2D eigenvalue weighted by atomic mass is 10.0. The molecule has 7 heteroatoms. The zero-order valence-electron chi connectivity index (χ0n) is 10.9. The summed E-state index contributed by atoms with van der Waals surface area (Å²) in [6.07, 6.45) is 1.73. The van der Waals surface area contributed by atoms with Crippen molar-refractivity contribution >= 4 is 23.0 Å². The molecule has 1 aliphatic rings. The Morgan fingerprint density at radius 2 is 2.20 bits per heavy atom. The molecule has 1 aromatic rings. The van der Waals surface area contributed by atoms with Gasteiger partial charge in [0.25, 0.3) is 5.69 Å². The molecule has 1 aliphatic heterocycles. The summed E-state index contributed by atoms with van der Waals surface area (Å²) in [6.45, 7) is 2.09. The van der Waals surface area contributed by atoms with E-state index in [1.54, 1.807) is 12.1 Å². The number of hydrogen-bond acceptors (Lipinski definition) is 5. The first kappa shape index (κ1) is 14.6. The van der Waals surface area contributed by atoms with E-state index in [1.165, 1.54) is 6.07 Å². The molecule has 1 aromatic carbocycles. The summed E-state index contributed by atoms with van der Waals surface area (Å²) >= 11 is 5.79. The van der Waals surface area contributed by atoms with E-state index >= 15 is 0 Å². The van der Waals surface area contributed by atoms with Gasteiger partial charge in [-0.15, -0.1) is 0 Å². The molecule has 1 N–H and O–H groups in total. The van der Waals surface area contributed by atoms with Crippen LogP contribution in [0.15, 0.2) is 18.2 Å². The number of piperidine rings is 1.